The Bertz CT molecular complexity index is 538. The maximum Gasteiger partial charge on any atom is 0.251 e. The summed E-state index contributed by atoms with van der Waals surface area (Å²) >= 11 is 0. The van der Waals surface area contributed by atoms with Gasteiger partial charge in [-0.05, 0) is 12.1 Å². The zero-order valence-electron chi connectivity index (χ0n) is 8.82. The Kier molecular flexibility index (Phi) is 2.70. The average Bonchev–Trinajstić information content (AvgIpc) is 2.36. The van der Waals surface area contributed by atoms with E-state index < -0.39 is 0 Å². The van der Waals surface area contributed by atoms with Crippen LogP contribution in [0.3, 0.4) is 0 Å². The highest BCUT2D eigenvalue weighted by molar-refractivity contribution is 6.06. The molecule has 16 heavy (non-hydrogen) atoms. The number of hydrogen-bond donors (Lipinski definition) is 3. The van der Waals surface area contributed by atoms with Crippen molar-refractivity contribution >= 4 is 22.6 Å². The van der Waals surface area contributed by atoms with Crippen LogP contribution in [0, 0.1) is 0 Å². The summed E-state index contributed by atoms with van der Waals surface area (Å²) in [6.45, 7) is 0. The smallest absolute Gasteiger partial charge is 0.251 e. The van der Waals surface area contributed by atoms with Crippen molar-refractivity contribution in [2.75, 3.05) is 12.5 Å². The van der Waals surface area contributed by atoms with Crippen LogP contribution in [0.1, 0.15) is 10.4 Å². The number of nitrogens with zero attached hydrogens (tertiary/aromatic N) is 1. The largest absolute Gasteiger partial charge is 0.355 e. The molecule has 1 heterocycles. The van der Waals surface area contributed by atoms with Crippen molar-refractivity contribution in [3.05, 3.63) is 35.9 Å². The quantitative estimate of drug-likeness (QED) is 0.514. The molecule has 2 aromatic rings. The van der Waals surface area contributed by atoms with E-state index >= 15 is 0 Å². The first-order chi connectivity index (χ1) is 7.76. The number of rotatable bonds is 2. The number of nitrogen functional groups attached to an aromatic ring is 1. The van der Waals surface area contributed by atoms with Crippen molar-refractivity contribution < 1.29 is 4.79 Å². The molecule has 0 spiro atoms. The number of aromatic nitrogens is 1. The van der Waals surface area contributed by atoms with E-state index in [0.29, 0.717) is 11.4 Å². The highest BCUT2D eigenvalue weighted by atomic mass is 16.1. The molecule has 0 unspecified atom stereocenters. The molecule has 4 N–H and O–H groups in total. The molecule has 0 bridgehead atoms. The molecular formula is C11H12N4O. The maximum atomic E-state index is 11.7. The first-order valence-electron chi connectivity index (χ1n) is 4.84. The number of carbonyl (C=O) groups excluding carboxylic acids is 1. The molecule has 2 rings (SSSR count). The van der Waals surface area contributed by atoms with Crippen molar-refractivity contribution in [2.45, 2.75) is 0 Å². The van der Waals surface area contributed by atoms with Crippen molar-refractivity contribution in [3.8, 4) is 0 Å². The lowest BCUT2D eigenvalue weighted by Crippen LogP contribution is -2.19. The van der Waals surface area contributed by atoms with E-state index in [4.69, 9.17) is 5.84 Å². The van der Waals surface area contributed by atoms with Gasteiger partial charge in [0.05, 0.1) is 11.1 Å². The number of para-hydroxylation sites is 1. The van der Waals surface area contributed by atoms with Crippen LogP contribution >= 0.6 is 0 Å². The Morgan fingerprint density at radius 1 is 1.38 bits per heavy atom. The van der Waals surface area contributed by atoms with Gasteiger partial charge in [0.2, 0.25) is 0 Å². The molecule has 0 aliphatic carbocycles. The number of fused-ring (bicyclic) bond motifs is 1. The molecule has 0 aliphatic rings. The predicted molar refractivity (Wildman–Crippen MR) is 62.9 cm³/mol. The van der Waals surface area contributed by atoms with E-state index in [-0.39, 0.29) is 5.91 Å². The second-order valence-corrected chi connectivity index (χ2v) is 3.30. The molecule has 82 valence electrons. The molecule has 1 amide bonds. The van der Waals surface area contributed by atoms with Gasteiger partial charge in [0, 0.05) is 12.4 Å². The Labute approximate surface area is 92.6 Å². The van der Waals surface area contributed by atoms with Crippen molar-refractivity contribution in [1.82, 2.24) is 10.3 Å². The second-order valence-electron chi connectivity index (χ2n) is 3.30. The maximum absolute atomic E-state index is 11.7. The molecule has 1 aromatic carbocycles. The number of hydrogen-bond acceptors (Lipinski definition) is 4. The van der Waals surface area contributed by atoms with Gasteiger partial charge in [-0.25, -0.2) is 10.8 Å². The van der Waals surface area contributed by atoms with Crippen LogP contribution in [0.4, 0.5) is 5.82 Å². The predicted octanol–water partition coefficient (Wildman–Crippen LogP) is 0.880. The fourth-order valence-corrected chi connectivity index (χ4v) is 1.57. The van der Waals surface area contributed by atoms with Crippen LogP contribution in [0.5, 0.6) is 0 Å². The van der Waals surface area contributed by atoms with Crippen LogP contribution in [0.2, 0.25) is 0 Å². The van der Waals surface area contributed by atoms with Crippen LogP contribution in [-0.4, -0.2) is 17.9 Å². The highest BCUT2D eigenvalue weighted by Crippen LogP contribution is 2.20. The number of benzene rings is 1. The Hall–Kier alpha value is -2.14. The van der Waals surface area contributed by atoms with E-state index in [1.54, 1.807) is 13.1 Å². The summed E-state index contributed by atoms with van der Waals surface area (Å²) in [5.41, 5.74) is 3.74. The standard InChI is InChI=1S/C11H12N4O/c1-13-11(16)8-6-10(15-12)14-9-5-3-2-4-7(8)9/h2-6H,12H2,1H3,(H,13,16)(H,14,15). The van der Waals surface area contributed by atoms with Gasteiger partial charge in [-0.1, -0.05) is 18.2 Å². The summed E-state index contributed by atoms with van der Waals surface area (Å²) in [7, 11) is 1.59. The average molecular weight is 216 g/mol. The third kappa shape index (κ3) is 1.68. The lowest BCUT2D eigenvalue weighted by Gasteiger charge is -2.07. The van der Waals surface area contributed by atoms with Crippen molar-refractivity contribution in [2.24, 2.45) is 5.84 Å². The molecule has 0 saturated carbocycles. The third-order valence-corrected chi connectivity index (χ3v) is 2.34. The molecule has 0 fully saturated rings. The Morgan fingerprint density at radius 2 is 2.12 bits per heavy atom. The molecule has 5 heteroatoms. The molecule has 1 aromatic heterocycles. The first-order valence-corrected chi connectivity index (χ1v) is 4.84. The molecule has 0 aliphatic heterocycles. The molecular weight excluding hydrogens is 204 g/mol. The van der Waals surface area contributed by atoms with E-state index in [9.17, 15) is 4.79 Å². The zero-order valence-corrected chi connectivity index (χ0v) is 8.82. The van der Waals surface area contributed by atoms with Gasteiger partial charge in [0.1, 0.15) is 5.82 Å². The summed E-state index contributed by atoms with van der Waals surface area (Å²) in [4.78, 5) is 15.9. The zero-order chi connectivity index (χ0) is 11.5. The number of nitrogens with two attached hydrogens (primary N) is 1. The molecule has 5 nitrogen and oxygen atoms in total. The third-order valence-electron chi connectivity index (χ3n) is 2.34. The lowest BCUT2D eigenvalue weighted by atomic mass is 10.1. The van der Waals surface area contributed by atoms with Gasteiger partial charge in [-0.2, -0.15) is 0 Å². The second kappa shape index (κ2) is 4.16. The van der Waals surface area contributed by atoms with Crippen LogP contribution in [0.15, 0.2) is 30.3 Å². The lowest BCUT2D eigenvalue weighted by molar-refractivity contribution is 0.0964. The molecule has 0 atom stereocenters. The van der Waals surface area contributed by atoms with Gasteiger partial charge in [0.15, 0.2) is 0 Å². The van der Waals surface area contributed by atoms with E-state index in [1.807, 2.05) is 24.3 Å². The van der Waals surface area contributed by atoms with Gasteiger partial charge >= 0.3 is 0 Å². The fourth-order valence-electron chi connectivity index (χ4n) is 1.57. The van der Waals surface area contributed by atoms with Crippen LogP contribution in [0.25, 0.3) is 10.9 Å². The van der Waals surface area contributed by atoms with E-state index in [0.717, 1.165) is 10.9 Å². The van der Waals surface area contributed by atoms with Gasteiger partial charge in [0.25, 0.3) is 5.91 Å². The number of amides is 1. The monoisotopic (exact) mass is 216 g/mol. The van der Waals surface area contributed by atoms with Crippen LogP contribution < -0.4 is 16.6 Å². The summed E-state index contributed by atoms with van der Waals surface area (Å²) in [6.07, 6.45) is 0. The SMILES string of the molecule is CNC(=O)c1cc(NN)nc2ccccc12. The fraction of sp³-hybridized carbons (Fsp3) is 0.0909. The number of hydrazine groups is 1. The highest BCUT2D eigenvalue weighted by Gasteiger charge is 2.10. The van der Waals surface area contributed by atoms with Crippen molar-refractivity contribution in [1.29, 1.82) is 0 Å². The molecule has 0 saturated heterocycles. The Balaban J connectivity index is 2.73. The molecule has 0 radical (unpaired) electrons. The van der Waals surface area contributed by atoms with Crippen LogP contribution in [-0.2, 0) is 0 Å². The minimum atomic E-state index is -0.157. The van der Waals surface area contributed by atoms with E-state index in [1.165, 1.54) is 0 Å². The van der Waals surface area contributed by atoms with Crippen molar-refractivity contribution in [3.63, 3.8) is 0 Å². The minimum Gasteiger partial charge on any atom is -0.355 e. The number of carbonyl (C=O) groups is 1. The number of nitrogens with one attached hydrogen (secondary N) is 2. The van der Waals surface area contributed by atoms with Gasteiger partial charge < -0.3 is 10.7 Å². The number of pyridine rings is 1. The first kappa shape index (κ1) is 10.4. The summed E-state index contributed by atoms with van der Waals surface area (Å²) in [6, 6.07) is 9.05. The summed E-state index contributed by atoms with van der Waals surface area (Å²) in [5.74, 6) is 5.62. The Morgan fingerprint density at radius 3 is 2.81 bits per heavy atom. The summed E-state index contributed by atoms with van der Waals surface area (Å²) < 4.78 is 0. The van der Waals surface area contributed by atoms with Gasteiger partial charge in [-0.15, -0.1) is 0 Å². The number of anilines is 1. The summed E-state index contributed by atoms with van der Waals surface area (Å²) in [5, 5.41) is 3.40. The van der Waals surface area contributed by atoms with E-state index in [2.05, 4.69) is 15.7 Å². The normalized spacial score (nSPS) is 10.1. The van der Waals surface area contributed by atoms with Gasteiger partial charge in [-0.3, -0.25) is 4.79 Å². The topological polar surface area (TPSA) is 80.0 Å². The minimum absolute atomic E-state index is 0.157.